The Morgan fingerprint density at radius 1 is 1.25 bits per heavy atom. The fraction of sp³-hybridized carbons (Fsp3) is 0.600. The van der Waals surface area contributed by atoms with Crippen molar-refractivity contribution >= 4 is 0 Å². The number of hydrogen-bond donors (Lipinski definition) is 1. The van der Waals surface area contributed by atoms with Crippen molar-refractivity contribution in [3.05, 3.63) is 35.4 Å². The minimum atomic E-state index is 0.286. The van der Waals surface area contributed by atoms with Crippen LogP contribution in [0.5, 0.6) is 0 Å². The first-order chi connectivity index (χ1) is 7.50. The summed E-state index contributed by atoms with van der Waals surface area (Å²) in [7, 11) is 0. The van der Waals surface area contributed by atoms with E-state index in [9.17, 15) is 0 Å². The molecular formula is C15H23N. The van der Waals surface area contributed by atoms with E-state index in [0.717, 1.165) is 6.42 Å². The van der Waals surface area contributed by atoms with E-state index in [4.69, 9.17) is 5.73 Å². The largest absolute Gasteiger partial charge is 0.327 e. The molecule has 1 saturated carbocycles. The smallest absolute Gasteiger partial charge is 0.0131 e. The fourth-order valence-electron chi connectivity index (χ4n) is 3.41. The highest BCUT2D eigenvalue weighted by molar-refractivity contribution is 5.31. The van der Waals surface area contributed by atoms with E-state index in [2.05, 4.69) is 52.0 Å². The van der Waals surface area contributed by atoms with Crippen molar-refractivity contribution in [1.82, 2.24) is 0 Å². The van der Waals surface area contributed by atoms with Crippen LogP contribution in [0.25, 0.3) is 0 Å². The molecule has 1 nitrogen and oxygen atoms in total. The summed E-state index contributed by atoms with van der Waals surface area (Å²) in [6, 6.07) is 9.32. The van der Waals surface area contributed by atoms with Gasteiger partial charge < -0.3 is 5.73 Å². The fourth-order valence-corrected chi connectivity index (χ4v) is 3.41. The van der Waals surface area contributed by atoms with Gasteiger partial charge in [0.2, 0.25) is 0 Å². The summed E-state index contributed by atoms with van der Waals surface area (Å²) in [5, 5.41) is 0. The van der Waals surface area contributed by atoms with Gasteiger partial charge in [-0.3, -0.25) is 0 Å². The Bertz CT molecular complexity index is 368. The van der Waals surface area contributed by atoms with Crippen LogP contribution < -0.4 is 5.73 Å². The zero-order valence-corrected chi connectivity index (χ0v) is 10.8. The third-order valence-corrected chi connectivity index (χ3v) is 4.76. The molecule has 0 bridgehead atoms. The second kappa shape index (κ2) is 3.89. The topological polar surface area (TPSA) is 26.0 Å². The van der Waals surface area contributed by atoms with Gasteiger partial charge in [-0.2, -0.15) is 0 Å². The molecule has 0 spiro atoms. The molecule has 0 aromatic heterocycles. The molecule has 2 rings (SSSR count). The van der Waals surface area contributed by atoms with Gasteiger partial charge in [0.1, 0.15) is 0 Å². The van der Waals surface area contributed by atoms with Crippen molar-refractivity contribution in [1.29, 1.82) is 0 Å². The lowest BCUT2D eigenvalue weighted by Crippen LogP contribution is -2.60. The average Bonchev–Trinajstić information content (AvgIpc) is 2.31. The molecule has 88 valence electrons. The van der Waals surface area contributed by atoms with E-state index in [1.807, 2.05) is 0 Å². The molecule has 1 aliphatic carbocycles. The zero-order chi connectivity index (χ0) is 11.9. The minimum Gasteiger partial charge on any atom is -0.327 e. The van der Waals surface area contributed by atoms with Gasteiger partial charge in [-0.25, -0.2) is 0 Å². The number of rotatable bonds is 2. The quantitative estimate of drug-likeness (QED) is 0.806. The molecule has 0 aliphatic heterocycles. The van der Waals surface area contributed by atoms with Crippen LogP contribution in [0.4, 0.5) is 0 Å². The first kappa shape index (κ1) is 11.7. The summed E-state index contributed by atoms with van der Waals surface area (Å²) in [6.45, 7) is 9.01. The van der Waals surface area contributed by atoms with Crippen LogP contribution in [0.1, 0.15) is 44.2 Å². The van der Waals surface area contributed by atoms with Gasteiger partial charge in [0.15, 0.2) is 0 Å². The molecule has 0 amide bonds. The highest BCUT2D eigenvalue weighted by Gasteiger charge is 2.54. The van der Waals surface area contributed by atoms with E-state index < -0.39 is 0 Å². The molecule has 2 N–H and O–H groups in total. The second-order valence-corrected chi connectivity index (χ2v) is 5.63. The number of nitrogens with two attached hydrogens (primary N) is 1. The lowest BCUT2D eigenvalue weighted by molar-refractivity contribution is 0.00361. The Balaban J connectivity index is 2.30. The number of hydrogen-bond acceptors (Lipinski definition) is 1. The molecule has 1 fully saturated rings. The zero-order valence-electron chi connectivity index (χ0n) is 10.8. The van der Waals surface area contributed by atoms with Crippen LogP contribution >= 0.6 is 0 Å². The third kappa shape index (κ3) is 1.49. The van der Waals surface area contributed by atoms with Gasteiger partial charge in [-0.15, -0.1) is 0 Å². The highest BCUT2D eigenvalue weighted by atomic mass is 14.8. The maximum atomic E-state index is 6.27. The Hall–Kier alpha value is -0.820. The van der Waals surface area contributed by atoms with Gasteiger partial charge in [0.25, 0.3) is 0 Å². The predicted molar refractivity (Wildman–Crippen MR) is 69.5 cm³/mol. The lowest BCUT2D eigenvalue weighted by atomic mass is 9.49. The first-order valence-corrected chi connectivity index (χ1v) is 6.33. The maximum absolute atomic E-state index is 6.27. The lowest BCUT2D eigenvalue weighted by Gasteiger charge is -2.58. The molecule has 4 unspecified atom stereocenters. The standard InChI is InChI=1S/C15H23N/c1-5-15(4)13(11(3)14(15)16)12-8-6-10(2)7-9-12/h6-9,11,13-14H,5,16H2,1-4H3. The van der Waals surface area contributed by atoms with Crippen molar-refractivity contribution in [2.75, 3.05) is 0 Å². The van der Waals surface area contributed by atoms with Gasteiger partial charge in [-0.05, 0) is 36.2 Å². The Morgan fingerprint density at radius 3 is 2.31 bits per heavy atom. The summed E-state index contributed by atoms with van der Waals surface area (Å²) >= 11 is 0. The van der Waals surface area contributed by atoms with Crippen molar-refractivity contribution in [2.45, 2.75) is 46.1 Å². The molecule has 16 heavy (non-hydrogen) atoms. The van der Waals surface area contributed by atoms with Crippen LogP contribution in [-0.2, 0) is 0 Å². The van der Waals surface area contributed by atoms with Gasteiger partial charge >= 0.3 is 0 Å². The molecule has 0 radical (unpaired) electrons. The van der Waals surface area contributed by atoms with E-state index in [0.29, 0.717) is 17.9 Å². The summed E-state index contributed by atoms with van der Waals surface area (Å²) in [4.78, 5) is 0. The van der Waals surface area contributed by atoms with Gasteiger partial charge in [-0.1, -0.05) is 50.6 Å². The number of benzene rings is 1. The maximum Gasteiger partial charge on any atom is 0.0131 e. The van der Waals surface area contributed by atoms with E-state index in [1.165, 1.54) is 11.1 Å². The van der Waals surface area contributed by atoms with Gasteiger partial charge in [0, 0.05) is 6.04 Å². The molecule has 1 heteroatoms. The molecule has 0 saturated heterocycles. The molecule has 4 atom stereocenters. The second-order valence-electron chi connectivity index (χ2n) is 5.63. The van der Waals surface area contributed by atoms with Crippen LogP contribution in [-0.4, -0.2) is 6.04 Å². The average molecular weight is 217 g/mol. The van der Waals surface area contributed by atoms with Gasteiger partial charge in [0.05, 0.1) is 0 Å². The van der Waals surface area contributed by atoms with Crippen LogP contribution in [0.2, 0.25) is 0 Å². The van der Waals surface area contributed by atoms with Crippen LogP contribution in [0.15, 0.2) is 24.3 Å². The van der Waals surface area contributed by atoms with E-state index in [1.54, 1.807) is 0 Å². The molecule has 1 aliphatic rings. The first-order valence-electron chi connectivity index (χ1n) is 6.33. The van der Waals surface area contributed by atoms with Crippen molar-refractivity contribution in [3.63, 3.8) is 0 Å². The Labute approximate surface area is 99.0 Å². The molecular weight excluding hydrogens is 194 g/mol. The summed E-state index contributed by atoms with van der Waals surface area (Å²) in [5.41, 5.74) is 9.35. The number of aryl methyl sites for hydroxylation is 1. The van der Waals surface area contributed by atoms with Crippen LogP contribution in [0, 0.1) is 18.3 Å². The summed E-state index contributed by atoms with van der Waals surface area (Å²) < 4.78 is 0. The normalized spacial score (nSPS) is 38.2. The Kier molecular flexibility index (Phi) is 2.83. The summed E-state index contributed by atoms with van der Waals surface area (Å²) in [5.74, 6) is 1.24. The SMILES string of the molecule is CCC1(C)C(N)C(C)C1c1ccc(C)cc1. The highest BCUT2D eigenvalue weighted by Crippen LogP contribution is 2.57. The Morgan fingerprint density at radius 2 is 1.81 bits per heavy atom. The van der Waals surface area contributed by atoms with Crippen molar-refractivity contribution in [3.8, 4) is 0 Å². The minimum absolute atomic E-state index is 0.286. The molecule has 0 heterocycles. The predicted octanol–water partition coefficient (Wildman–Crippen LogP) is 3.47. The molecule has 1 aromatic rings. The third-order valence-electron chi connectivity index (χ3n) is 4.76. The summed E-state index contributed by atoms with van der Waals surface area (Å²) in [6.07, 6.45) is 1.16. The molecule has 1 aromatic carbocycles. The van der Waals surface area contributed by atoms with E-state index in [-0.39, 0.29) is 5.41 Å². The van der Waals surface area contributed by atoms with Crippen molar-refractivity contribution in [2.24, 2.45) is 17.1 Å². The van der Waals surface area contributed by atoms with Crippen LogP contribution in [0.3, 0.4) is 0 Å². The van der Waals surface area contributed by atoms with Crippen molar-refractivity contribution < 1.29 is 0 Å². The monoisotopic (exact) mass is 217 g/mol. The van der Waals surface area contributed by atoms with E-state index >= 15 is 0 Å².